The van der Waals surface area contributed by atoms with E-state index in [1.165, 1.54) is 6.07 Å². The van der Waals surface area contributed by atoms with E-state index < -0.39 is 5.54 Å². The average molecular weight is 290 g/mol. The zero-order valence-electron chi connectivity index (χ0n) is 11.8. The van der Waals surface area contributed by atoms with Gasteiger partial charge in [-0.25, -0.2) is 4.39 Å². The number of halogens is 1. The molecule has 2 saturated heterocycles. The topological polar surface area (TPSA) is 41.6 Å². The number of nitrogens with one attached hydrogen (secondary N) is 1. The molecular weight excluding hydrogens is 271 g/mol. The Morgan fingerprint density at radius 3 is 2.62 bits per heavy atom. The lowest BCUT2D eigenvalue weighted by Gasteiger charge is -2.35. The van der Waals surface area contributed by atoms with Gasteiger partial charge in [0, 0.05) is 24.8 Å². The molecule has 0 aromatic heterocycles. The van der Waals surface area contributed by atoms with E-state index in [0.717, 1.165) is 25.7 Å². The van der Waals surface area contributed by atoms with Crippen molar-refractivity contribution < 1.29 is 13.9 Å². The first kappa shape index (κ1) is 13.2. The van der Waals surface area contributed by atoms with Gasteiger partial charge >= 0.3 is 0 Å². The summed E-state index contributed by atoms with van der Waals surface area (Å²) in [5, 5.41) is 3.39. The standard InChI is InChI=1S/C16H19FN2O2/c17-13-4-2-1-3-12(13)14-18-16(7-8-16)15(20)19(14)11-5-9-21-10-6-11/h1-4,11,14,18H,5-10H2. The second-order valence-corrected chi connectivity index (χ2v) is 6.21. The molecule has 1 N–H and O–H groups in total. The van der Waals surface area contributed by atoms with Gasteiger partial charge < -0.3 is 9.64 Å². The number of nitrogens with zero attached hydrogens (tertiary/aromatic N) is 1. The molecule has 1 atom stereocenters. The zero-order valence-corrected chi connectivity index (χ0v) is 11.8. The predicted octanol–water partition coefficient (Wildman–Crippen LogP) is 1.97. The molecule has 112 valence electrons. The lowest BCUT2D eigenvalue weighted by molar-refractivity contribution is -0.135. The zero-order chi connectivity index (χ0) is 14.4. The first-order valence-corrected chi connectivity index (χ1v) is 7.64. The van der Waals surface area contributed by atoms with Crippen molar-refractivity contribution >= 4 is 5.91 Å². The number of benzene rings is 1. The van der Waals surface area contributed by atoms with Crippen molar-refractivity contribution in [2.24, 2.45) is 0 Å². The molecule has 1 aromatic rings. The molecule has 0 radical (unpaired) electrons. The highest BCUT2D eigenvalue weighted by Crippen LogP contribution is 2.47. The molecule has 21 heavy (non-hydrogen) atoms. The molecule has 0 bridgehead atoms. The van der Waals surface area contributed by atoms with Crippen LogP contribution in [0, 0.1) is 5.82 Å². The summed E-state index contributed by atoms with van der Waals surface area (Å²) in [6.07, 6.45) is 3.03. The largest absolute Gasteiger partial charge is 0.381 e. The summed E-state index contributed by atoms with van der Waals surface area (Å²) in [7, 11) is 0. The third kappa shape index (κ3) is 2.07. The van der Waals surface area contributed by atoms with Crippen LogP contribution in [0.4, 0.5) is 4.39 Å². The quantitative estimate of drug-likeness (QED) is 0.905. The molecule has 1 amide bonds. The van der Waals surface area contributed by atoms with Crippen LogP contribution in [0.2, 0.25) is 0 Å². The normalized spacial score (nSPS) is 28.3. The number of amides is 1. The van der Waals surface area contributed by atoms with E-state index in [1.54, 1.807) is 12.1 Å². The molecule has 1 aromatic carbocycles. The lowest BCUT2D eigenvalue weighted by atomic mass is 10.0. The van der Waals surface area contributed by atoms with E-state index in [2.05, 4.69) is 5.32 Å². The number of hydrogen-bond donors (Lipinski definition) is 1. The third-order valence-electron chi connectivity index (χ3n) is 4.87. The highest BCUT2D eigenvalue weighted by Gasteiger charge is 2.60. The maximum atomic E-state index is 14.2. The van der Waals surface area contributed by atoms with Crippen LogP contribution in [0.5, 0.6) is 0 Å². The summed E-state index contributed by atoms with van der Waals surface area (Å²) in [4.78, 5) is 14.7. The van der Waals surface area contributed by atoms with Crippen LogP contribution in [-0.4, -0.2) is 35.6 Å². The van der Waals surface area contributed by atoms with Crippen molar-refractivity contribution in [2.75, 3.05) is 13.2 Å². The van der Waals surface area contributed by atoms with Crippen LogP contribution in [-0.2, 0) is 9.53 Å². The van der Waals surface area contributed by atoms with Crippen molar-refractivity contribution in [3.05, 3.63) is 35.6 Å². The number of carbonyl (C=O) groups excluding carboxylic acids is 1. The highest BCUT2D eigenvalue weighted by molar-refractivity contribution is 5.92. The Labute approximate surface area is 123 Å². The van der Waals surface area contributed by atoms with Crippen molar-refractivity contribution in [2.45, 2.75) is 43.4 Å². The van der Waals surface area contributed by atoms with E-state index >= 15 is 0 Å². The molecule has 4 nitrogen and oxygen atoms in total. The van der Waals surface area contributed by atoms with E-state index in [9.17, 15) is 9.18 Å². The highest BCUT2D eigenvalue weighted by atomic mass is 19.1. The second-order valence-electron chi connectivity index (χ2n) is 6.21. The molecular formula is C16H19FN2O2. The predicted molar refractivity (Wildman–Crippen MR) is 74.9 cm³/mol. The Bertz CT molecular complexity index is 567. The monoisotopic (exact) mass is 290 g/mol. The molecule has 3 fully saturated rings. The first-order chi connectivity index (χ1) is 10.2. The Hall–Kier alpha value is -1.46. The third-order valence-corrected chi connectivity index (χ3v) is 4.87. The van der Waals surface area contributed by atoms with Crippen LogP contribution in [0.1, 0.15) is 37.4 Å². The minimum Gasteiger partial charge on any atom is -0.381 e. The van der Waals surface area contributed by atoms with Crippen molar-refractivity contribution in [1.82, 2.24) is 10.2 Å². The number of carbonyl (C=O) groups is 1. The van der Waals surface area contributed by atoms with E-state index in [0.29, 0.717) is 18.8 Å². The molecule has 4 rings (SSSR count). The van der Waals surface area contributed by atoms with Crippen LogP contribution >= 0.6 is 0 Å². The van der Waals surface area contributed by atoms with Gasteiger partial charge in [0.1, 0.15) is 17.5 Å². The van der Waals surface area contributed by atoms with Gasteiger partial charge in [-0.15, -0.1) is 0 Å². The van der Waals surface area contributed by atoms with Gasteiger partial charge in [0.25, 0.3) is 0 Å². The fourth-order valence-corrected chi connectivity index (χ4v) is 3.50. The van der Waals surface area contributed by atoms with E-state index in [1.807, 2.05) is 11.0 Å². The number of ether oxygens (including phenoxy) is 1. The Balaban J connectivity index is 1.70. The smallest absolute Gasteiger partial charge is 0.244 e. The van der Waals surface area contributed by atoms with Gasteiger partial charge in [0.15, 0.2) is 0 Å². The maximum absolute atomic E-state index is 14.2. The van der Waals surface area contributed by atoms with Crippen molar-refractivity contribution in [3.63, 3.8) is 0 Å². The van der Waals surface area contributed by atoms with Gasteiger partial charge in [0.05, 0.1) is 0 Å². The molecule has 1 saturated carbocycles. The SMILES string of the molecule is O=C1N(C2CCOCC2)C(c2ccccc2F)NC12CC2. The average Bonchev–Trinajstić information content (AvgIpc) is 3.23. The van der Waals surface area contributed by atoms with Crippen molar-refractivity contribution in [3.8, 4) is 0 Å². The molecule has 5 heteroatoms. The minimum absolute atomic E-state index is 0.141. The van der Waals surface area contributed by atoms with Gasteiger partial charge in [-0.1, -0.05) is 18.2 Å². The van der Waals surface area contributed by atoms with E-state index in [-0.39, 0.29) is 23.9 Å². The molecule has 1 aliphatic carbocycles. The van der Waals surface area contributed by atoms with Gasteiger partial charge in [-0.2, -0.15) is 0 Å². The molecule has 2 heterocycles. The summed E-state index contributed by atoms with van der Waals surface area (Å²) in [5.41, 5.74) is 0.145. The molecule has 1 spiro atoms. The first-order valence-electron chi connectivity index (χ1n) is 7.64. The maximum Gasteiger partial charge on any atom is 0.244 e. The fourth-order valence-electron chi connectivity index (χ4n) is 3.50. The Morgan fingerprint density at radius 1 is 1.24 bits per heavy atom. The summed E-state index contributed by atoms with van der Waals surface area (Å²) in [5.74, 6) is -0.111. The van der Waals surface area contributed by atoms with E-state index in [4.69, 9.17) is 4.74 Å². The summed E-state index contributed by atoms with van der Waals surface area (Å²) in [6, 6.07) is 6.88. The molecule has 3 aliphatic rings. The van der Waals surface area contributed by atoms with Crippen LogP contribution in [0.3, 0.4) is 0 Å². The summed E-state index contributed by atoms with van der Waals surface area (Å²) >= 11 is 0. The number of rotatable bonds is 2. The van der Waals surface area contributed by atoms with Crippen molar-refractivity contribution in [1.29, 1.82) is 0 Å². The molecule has 1 unspecified atom stereocenters. The van der Waals surface area contributed by atoms with Gasteiger partial charge in [-0.05, 0) is 31.7 Å². The number of hydrogen-bond acceptors (Lipinski definition) is 3. The molecule has 2 aliphatic heterocycles. The second kappa shape index (κ2) is 4.78. The minimum atomic E-state index is -0.425. The van der Waals surface area contributed by atoms with Gasteiger partial charge in [0.2, 0.25) is 5.91 Å². The lowest BCUT2D eigenvalue weighted by Crippen LogP contribution is -2.43. The Morgan fingerprint density at radius 2 is 1.95 bits per heavy atom. The fraction of sp³-hybridized carbons (Fsp3) is 0.562. The summed E-state index contributed by atoms with van der Waals surface area (Å²) < 4.78 is 19.6. The van der Waals surface area contributed by atoms with Crippen LogP contribution in [0.15, 0.2) is 24.3 Å². The van der Waals surface area contributed by atoms with Crippen LogP contribution in [0.25, 0.3) is 0 Å². The van der Waals surface area contributed by atoms with Gasteiger partial charge in [-0.3, -0.25) is 10.1 Å². The summed E-state index contributed by atoms with van der Waals surface area (Å²) in [6.45, 7) is 1.34. The van der Waals surface area contributed by atoms with Crippen LogP contribution < -0.4 is 5.32 Å². The Kier molecular flexibility index (Phi) is 3.01.